The van der Waals surface area contributed by atoms with E-state index in [4.69, 9.17) is 14.4 Å². The predicted molar refractivity (Wildman–Crippen MR) is 76.8 cm³/mol. The molecular weight excluding hydrogens is 314 g/mol. The summed E-state index contributed by atoms with van der Waals surface area (Å²) in [6.07, 6.45) is -1.07. The second-order valence-corrected chi connectivity index (χ2v) is 5.89. The van der Waals surface area contributed by atoms with Crippen LogP contribution in [0.2, 0.25) is 0 Å². The molecule has 0 radical (unpaired) electrons. The minimum Gasteiger partial charge on any atom is -0.480 e. The lowest BCUT2D eigenvalue weighted by molar-refractivity contribution is -0.143. The molecule has 3 N–H and O–H groups in total. The second-order valence-electron chi connectivity index (χ2n) is 4.39. The van der Waals surface area contributed by atoms with Crippen LogP contribution in [0.25, 0.3) is 0 Å². The molecule has 1 amide bonds. The van der Waals surface area contributed by atoms with Crippen LogP contribution < -0.4 is 5.32 Å². The maximum absolute atomic E-state index is 12.2. The third-order valence-electron chi connectivity index (χ3n) is 2.67. The van der Waals surface area contributed by atoms with Crippen LogP contribution in [0.15, 0.2) is 30.3 Å². The van der Waals surface area contributed by atoms with Crippen molar-refractivity contribution < 1.29 is 32.4 Å². The van der Waals surface area contributed by atoms with E-state index in [9.17, 15) is 18.0 Å². The number of benzene rings is 1. The van der Waals surface area contributed by atoms with Crippen LogP contribution >= 0.6 is 0 Å². The Morgan fingerprint density at radius 3 is 2.32 bits per heavy atom. The van der Waals surface area contributed by atoms with E-state index in [0.29, 0.717) is 5.56 Å². The highest BCUT2D eigenvalue weighted by Gasteiger charge is 2.29. The van der Waals surface area contributed by atoms with Gasteiger partial charge in [0.05, 0.1) is 0 Å². The summed E-state index contributed by atoms with van der Waals surface area (Å²) >= 11 is 0. The Morgan fingerprint density at radius 2 is 1.86 bits per heavy atom. The second kappa shape index (κ2) is 7.87. The molecule has 1 aromatic carbocycles. The molecule has 0 heterocycles. The van der Waals surface area contributed by atoms with Gasteiger partial charge in [0.15, 0.2) is 6.10 Å². The summed E-state index contributed by atoms with van der Waals surface area (Å²) in [5.41, 5.74) is 0.498. The number of hydrogen-bond donors (Lipinski definition) is 3. The van der Waals surface area contributed by atoms with Gasteiger partial charge in [0.2, 0.25) is 0 Å². The van der Waals surface area contributed by atoms with Crippen LogP contribution in [0.3, 0.4) is 0 Å². The maximum Gasteiger partial charge on any atom is 0.327 e. The maximum atomic E-state index is 12.2. The van der Waals surface area contributed by atoms with Crippen molar-refractivity contribution in [1.82, 2.24) is 5.32 Å². The Kier molecular flexibility index (Phi) is 6.47. The molecule has 0 aliphatic heterocycles. The summed E-state index contributed by atoms with van der Waals surface area (Å²) in [5.74, 6) is -3.50. The van der Waals surface area contributed by atoms with E-state index < -0.39 is 39.9 Å². The van der Waals surface area contributed by atoms with Crippen LogP contribution in [0, 0.1) is 0 Å². The summed E-state index contributed by atoms with van der Waals surface area (Å²) in [4.78, 5) is 23.2. The van der Waals surface area contributed by atoms with Crippen molar-refractivity contribution in [3.8, 4) is 0 Å². The molecule has 0 aromatic heterocycles. The van der Waals surface area contributed by atoms with Gasteiger partial charge < -0.3 is 15.2 Å². The summed E-state index contributed by atoms with van der Waals surface area (Å²) in [6, 6.07) is 6.58. The van der Waals surface area contributed by atoms with Crippen molar-refractivity contribution in [1.29, 1.82) is 0 Å². The Morgan fingerprint density at radius 1 is 1.27 bits per heavy atom. The molecule has 0 saturated heterocycles. The van der Waals surface area contributed by atoms with E-state index in [1.807, 2.05) is 0 Å². The first-order chi connectivity index (χ1) is 10.2. The molecule has 122 valence electrons. The first kappa shape index (κ1) is 18.1. The molecule has 2 atom stereocenters. The van der Waals surface area contributed by atoms with Gasteiger partial charge in [0, 0.05) is 6.61 Å². The van der Waals surface area contributed by atoms with Crippen LogP contribution in [0.1, 0.15) is 18.6 Å². The van der Waals surface area contributed by atoms with Gasteiger partial charge in [-0.25, -0.2) is 4.79 Å². The van der Waals surface area contributed by atoms with E-state index in [1.54, 1.807) is 37.3 Å². The van der Waals surface area contributed by atoms with E-state index in [2.05, 4.69) is 5.32 Å². The highest BCUT2D eigenvalue weighted by molar-refractivity contribution is 7.85. The van der Waals surface area contributed by atoms with E-state index >= 15 is 0 Å². The van der Waals surface area contributed by atoms with E-state index in [1.165, 1.54) is 0 Å². The lowest BCUT2D eigenvalue weighted by atomic mass is 10.1. The predicted octanol–water partition coefficient (Wildman–Crippen LogP) is 0.221. The lowest BCUT2D eigenvalue weighted by Gasteiger charge is -2.20. The molecule has 1 rings (SSSR count). The van der Waals surface area contributed by atoms with Gasteiger partial charge in [-0.3, -0.25) is 9.35 Å². The Bertz CT molecular complexity index is 615. The monoisotopic (exact) mass is 331 g/mol. The highest BCUT2D eigenvalue weighted by atomic mass is 32.2. The average Bonchev–Trinajstić information content (AvgIpc) is 2.43. The topological polar surface area (TPSA) is 130 Å². The number of carboxylic acids is 1. The molecule has 0 aliphatic carbocycles. The number of carbonyl (C=O) groups is 2. The average molecular weight is 331 g/mol. The Balaban J connectivity index is 2.92. The summed E-state index contributed by atoms with van der Waals surface area (Å²) in [7, 11) is -4.55. The zero-order valence-electron chi connectivity index (χ0n) is 11.8. The van der Waals surface area contributed by atoms with E-state index in [-0.39, 0.29) is 6.61 Å². The molecule has 1 unspecified atom stereocenters. The fraction of sp³-hybridized carbons (Fsp3) is 0.385. The van der Waals surface area contributed by atoms with Crippen molar-refractivity contribution in [3.63, 3.8) is 0 Å². The first-order valence-corrected chi connectivity index (χ1v) is 8.00. The Hall–Kier alpha value is -1.97. The molecule has 0 spiro atoms. The van der Waals surface area contributed by atoms with Crippen LogP contribution in [-0.2, 0) is 24.4 Å². The molecule has 0 saturated carbocycles. The van der Waals surface area contributed by atoms with Crippen molar-refractivity contribution in [2.75, 3.05) is 12.4 Å². The minimum absolute atomic E-state index is 0.197. The Labute approximate surface area is 127 Å². The lowest BCUT2D eigenvalue weighted by Crippen LogP contribution is -2.47. The molecule has 9 heteroatoms. The molecule has 8 nitrogen and oxygen atoms in total. The van der Waals surface area contributed by atoms with Crippen molar-refractivity contribution in [3.05, 3.63) is 35.9 Å². The van der Waals surface area contributed by atoms with Crippen LogP contribution in [-0.4, -0.2) is 48.4 Å². The van der Waals surface area contributed by atoms with Gasteiger partial charge in [-0.2, -0.15) is 8.42 Å². The fourth-order valence-corrected chi connectivity index (χ4v) is 2.40. The number of nitrogens with one attached hydrogen (secondary N) is 1. The summed E-state index contributed by atoms with van der Waals surface area (Å²) < 4.78 is 35.6. The van der Waals surface area contributed by atoms with Crippen LogP contribution in [0.5, 0.6) is 0 Å². The van der Waals surface area contributed by atoms with Gasteiger partial charge in [0.1, 0.15) is 11.8 Å². The third-order valence-corrected chi connectivity index (χ3v) is 3.42. The SMILES string of the molecule is CCOC(C(=O)N[C@@H](CS(=O)(=O)O)C(=O)O)c1ccccc1. The standard InChI is InChI=1S/C13H17NO7S/c1-2-21-11(9-6-4-3-5-7-9)12(15)14-10(13(16)17)8-22(18,19)20/h3-7,10-11H,2,8H2,1H3,(H,14,15)(H,16,17)(H,18,19,20)/t10-,11?/m0/s1. The van der Waals surface area contributed by atoms with Crippen molar-refractivity contribution in [2.24, 2.45) is 0 Å². The zero-order chi connectivity index (χ0) is 16.8. The summed E-state index contributed by atoms with van der Waals surface area (Å²) in [6.45, 7) is 1.86. The molecule has 0 fully saturated rings. The fourth-order valence-electron chi connectivity index (χ4n) is 1.75. The quantitative estimate of drug-likeness (QED) is 0.581. The number of hydrogen-bond acceptors (Lipinski definition) is 5. The normalized spacial score (nSPS) is 14.1. The third kappa shape index (κ3) is 5.80. The molecule has 0 bridgehead atoms. The molecule has 1 aromatic rings. The van der Waals surface area contributed by atoms with E-state index in [0.717, 1.165) is 0 Å². The highest BCUT2D eigenvalue weighted by Crippen LogP contribution is 2.17. The van der Waals surface area contributed by atoms with Gasteiger partial charge in [-0.05, 0) is 12.5 Å². The molecular formula is C13H17NO7S. The number of carbonyl (C=O) groups excluding carboxylic acids is 1. The zero-order valence-corrected chi connectivity index (χ0v) is 12.6. The van der Waals surface area contributed by atoms with Gasteiger partial charge in [-0.1, -0.05) is 30.3 Å². The summed E-state index contributed by atoms with van der Waals surface area (Å²) in [5, 5.41) is 11.0. The van der Waals surface area contributed by atoms with Crippen molar-refractivity contribution in [2.45, 2.75) is 19.1 Å². The smallest absolute Gasteiger partial charge is 0.327 e. The number of carboxylic acid groups (broad SMARTS) is 1. The van der Waals surface area contributed by atoms with Gasteiger partial charge >= 0.3 is 5.97 Å². The number of aliphatic carboxylic acids is 1. The number of amides is 1. The van der Waals surface area contributed by atoms with Crippen molar-refractivity contribution >= 4 is 22.0 Å². The van der Waals surface area contributed by atoms with Crippen LogP contribution in [0.4, 0.5) is 0 Å². The molecule has 0 aliphatic rings. The first-order valence-electron chi connectivity index (χ1n) is 6.39. The molecule has 22 heavy (non-hydrogen) atoms. The van der Waals surface area contributed by atoms with Gasteiger partial charge in [-0.15, -0.1) is 0 Å². The van der Waals surface area contributed by atoms with Gasteiger partial charge in [0.25, 0.3) is 16.0 Å². The number of rotatable bonds is 8. The number of ether oxygens (including phenoxy) is 1. The minimum atomic E-state index is -4.55. The largest absolute Gasteiger partial charge is 0.480 e.